The van der Waals surface area contributed by atoms with Crippen LogP contribution < -0.4 is 5.32 Å². The van der Waals surface area contributed by atoms with Crippen LogP contribution in [0.5, 0.6) is 0 Å². The van der Waals surface area contributed by atoms with E-state index in [1.165, 1.54) is 0 Å². The molecule has 24 heavy (non-hydrogen) atoms. The van der Waals surface area contributed by atoms with E-state index in [4.69, 9.17) is 0 Å². The first kappa shape index (κ1) is 15.8. The van der Waals surface area contributed by atoms with Gasteiger partial charge in [-0.15, -0.1) is 0 Å². The number of carbonyl (C=O) groups is 1. The molecule has 6 heteroatoms. The van der Waals surface area contributed by atoms with Crippen LogP contribution in [0.15, 0.2) is 60.7 Å². The first-order chi connectivity index (χ1) is 11.8. The highest BCUT2D eigenvalue weighted by molar-refractivity contribution is 6.99. The smallest absolute Gasteiger partial charge is 0.274 e. The zero-order valence-corrected chi connectivity index (χ0v) is 13.5. The molecule has 1 atom stereocenters. The summed E-state index contributed by atoms with van der Waals surface area (Å²) in [6.45, 7) is 0. The summed E-state index contributed by atoms with van der Waals surface area (Å²) in [6.07, 6.45) is 0.446. The Labute approximate surface area is 143 Å². The SMILES string of the molecule is N#CC(Cc1ccccc1)NC(=O)c1nsnc1-c1ccccc1. The summed E-state index contributed by atoms with van der Waals surface area (Å²) in [5.74, 6) is -0.384. The summed E-state index contributed by atoms with van der Waals surface area (Å²) in [7, 11) is 0. The molecule has 1 unspecified atom stereocenters. The molecule has 1 aromatic heterocycles. The number of hydrogen-bond donors (Lipinski definition) is 1. The average molecular weight is 334 g/mol. The van der Waals surface area contributed by atoms with Crippen LogP contribution in [0.25, 0.3) is 11.3 Å². The highest BCUT2D eigenvalue weighted by atomic mass is 32.1. The van der Waals surface area contributed by atoms with E-state index in [9.17, 15) is 10.1 Å². The molecule has 3 rings (SSSR count). The standard InChI is InChI=1S/C18H14N4OS/c19-12-15(11-13-7-3-1-4-8-13)20-18(23)17-16(21-24-22-17)14-9-5-2-6-10-14/h1-10,15H,11H2,(H,20,23). The van der Waals surface area contributed by atoms with Crippen molar-refractivity contribution < 1.29 is 4.79 Å². The maximum absolute atomic E-state index is 12.5. The van der Waals surface area contributed by atoms with Crippen LogP contribution >= 0.6 is 11.7 Å². The maximum Gasteiger partial charge on any atom is 0.274 e. The van der Waals surface area contributed by atoms with Crippen LogP contribution in [0.1, 0.15) is 16.1 Å². The van der Waals surface area contributed by atoms with Crippen molar-refractivity contribution in [1.82, 2.24) is 14.1 Å². The lowest BCUT2D eigenvalue weighted by Crippen LogP contribution is -2.35. The molecular formula is C18H14N4OS. The number of benzene rings is 2. The van der Waals surface area contributed by atoms with Crippen molar-refractivity contribution in [1.29, 1.82) is 5.26 Å². The third-order valence-electron chi connectivity index (χ3n) is 3.49. The quantitative estimate of drug-likeness (QED) is 0.778. The number of rotatable bonds is 5. The van der Waals surface area contributed by atoms with E-state index < -0.39 is 6.04 Å². The van der Waals surface area contributed by atoms with E-state index in [0.29, 0.717) is 12.1 Å². The molecule has 0 radical (unpaired) electrons. The molecule has 118 valence electrons. The molecule has 0 bridgehead atoms. The maximum atomic E-state index is 12.5. The van der Waals surface area contributed by atoms with E-state index >= 15 is 0 Å². The fourth-order valence-corrected chi connectivity index (χ4v) is 2.89. The Morgan fingerprint density at radius 3 is 2.42 bits per heavy atom. The van der Waals surface area contributed by atoms with E-state index in [-0.39, 0.29) is 11.6 Å². The van der Waals surface area contributed by atoms with Gasteiger partial charge in [0.1, 0.15) is 11.7 Å². The molecular weight excluding hydrogens is 320 g/mol. The molecule has 5 nitrogen and oxygen atoms in total. The number of amides is 1. The molecule has 0 aliphatic heterocycles. The van der Waals surface area contributed by atoms with Gasteiger partial charge in [-0.25, -0.2) is 0 Å². The Hall–Kier alpha value is -3.04. The third-order valence-corrected chi connectivity index (χ3v) is 4.02. The number of nitrogens with one attached hydrogen (secondary N) is 1. The number of hydrogen-bond acceptors (Lipinski definition) is 5. The minimum Gasteiger partial charge on any atom is -0.335 e. The molecule has 1 N–H and O–H groups in total. The highest BCUT2D eigenvalue weighted by Gasteiger charge is 2.21. The van der Waals surface area contributed by atoms with E-state index in [1.807, 2.05) is 60.7 Å². The van der Waals surface area contributed by atoms with Crippen LogP contribution in [0.4, 0.5) is 0 Å². The van der Waals surface area contributed by atoms with Gasteiger partial charge in [-0.1, -0.05) is 60.7 Å². The van der Waals surface area contributed by atoms with Crippen molar-refractivity contribution in [3.8, 4) is 17.3 Å². The number of aromatic nitrogens is 2. The molecule has 1 amide bonds. The molecule has 0 saturated heterocycles. The van der Waals surface area contributed by atoms with Gasteiger partial charge in [-0.05, 0) is 5.56 Å². The van der Waals surface area contributed by atoms with Gasteiger partial charge < -0.3 is 5.32 Å². The first-order valence-corrected chi connectivity index (χ1v) is 8.13. The lowest BCUT2D eigenvalue weighted by molar-refractivity contribution is 0.0942. The Bertz CT molecular complexity index is 855. The van der Waals surface area contributed by atoms with Gasteiger partial charge in [0, 0.05) is 12.0 Å². The van der Waals surface area contributed by atoms with Crippen molar-refractivity contribution in [2.45, 2.75) is 12.5 Å². The number of nitriles is 1. The molecule has 1 heterocycles. The number of carbonyl (C=O) groups excluding carboxylic acids is 1. The van der Waals surface area contributed by atoms with Crippen molar-refractivity contribution in [2.24, 2.45) is 0 Å². The van der Waals surface area contributed by atoms with Crippen LogP contribution in [-0.2, 0) is 6.42 Å². The Morgan fingerprint density at radius 1 is 1.08 bits per heavy atom. The van der Waals surface area contributed by atoms with Crippen molar-refractivity contribution in [3.05, 3.63) is 71.9 Å². The summed E-state index contributed by atoms with van der Waals surface area (Å²) in [6, 6.07) is 20.5. The zero-order chi connectivity index (χ0) is 16.8. The van der Waals surface area contributed by atoms with Gasteiger partial charge >= 0.3 is 0 Å². The van der Waals surface area contributed by atoms with Crippen LogP contribution in [0.2, 0.25) is 0 Å². The topological polar surface area (TPSA) is 78.7 Å². The molecule has 0 spiro atoms. The monoisotopic (exact) mass is 334 g/mol. The minimum atomic E-state index is -0.620. The van der Waals surface area contributed by atoms with Crippen LogP contribution in [-0.4, -0.2) is 20.7 Å². The summed E-state index contributed by atoms with van der Waals surface area (Å²) < 4.78 is 8.31. The summed E-state index contributed by atoms with van der Waals surface area (Å²) in [5.41, 5.74) is 2.60. The zero-order valence-electron chi connectivity index (χ0n) is 12.7. The van der Waals surface area contributed by atoms with Crippen molar-refractivity contribution in [2.75, 3.05) is 0 Å². The fraction of sp³-hybridized carbons (Fsp3) is 0.111. The van der Waals surface area contributed by atoms with Gasteiger partial charge in [0.05, 0.1) is 17.8 Å². The lowest BCUT2D eigenvalue weighted by Gasteiger charge is -2.11. The number of nitrogens with zero attached hydrogens (tertiary/aromatic N) is 3. The second-order valence-electron chi connectivity index (χ2n) is 5.17. The fourth-order valence-electron chi connectivity index (χ4n) is 2.33. The van der Waals surface area contributed by atoms with Gasteiger partial charge in [0.15, 0.2) is 5.69 Å². The highest BCUT2D eigenvalue weighted by Crippen LogP contribution is 2.21. The normalized spacial score (nSPS) is 11.5. The predicted molar refractivity (Wildman–Crippen MR) is 92.4 cm³/mol. The molecule has 3 aromatic rings. The predicted octanol–water partition coefficient (Wildman–Crippen LogP) is 3.07. The summed E-state index contributed by atoms with van der Waals surface area (Å²) in [4.78, 5) is 12.5. The van der Waals surface area contributed by atoms with Crippen LogP contribution in [0.3, 0.4) is 0 Å². The minimum absolute atomic E-state index is 0.250. The Morgan fingerprint density at radius 2 is 1.75 bits per heavy atom. The van der Waals surface area contributed by atoms with E-state index in [2.05, 4.69) is 20.1 Å². The van der Waals surface area contributed by atoms with Gasteiger partial charge in [-0.2, -0.15) is 14.0 Å². The Balaban J connectivity index is 1.76. The molecule has 0 aliphatic rings. The molecule has 0 aliphatic carbocycles. The third kappa shape index (κ3) is 3.65. The van der Waals surface area contributed by atoms with E-state index in [1.54, 1.807) is 0 Å². The average Bonchev–Trinajstić information content (AvgIpc) is 3.12. The summed E-state index contributed by atoms with van der Waals surface area (Å²) in [5, 5.41) is 12.1. The van der Waals surface area contributed by atoms with E-state index in [0.717, 1.165) is 22.9 Å². The lowest BCUT2D eigenvalue weighted by atomic mass is 10.1. The molecule has 0 fully saturated rings. The van der Waals surface area contributed by atoms with Crippen LogP contribution in [0, 0.1) is 11.3 Å². The van der Waals surface area contributed by atoms with Gasteiger partial charge in [0.25, 0.3) is 5.91 Å². The molecule has 2 aromatic carbocycles. The van der Waals surface area contributed by atoms with Crippen molar-refractivity contribution >= 4 is 17.6 Å². The summed E-state index contributed by atoms with van der Waals surface area (Å²) >= 11 is 0.984. The van der Waals surface area contributed by atoms with Gasteiger partial charge in [0.2, 0.25) is 0 Å². The van der Waals surface area contributed by atoms with Crippen molar-refractivity contribution in [3.63, 3.8) is 0 Å². The van der Waals surface area contributed by atoms with Gasteiger partial charge in [-0.3, -0.25) is 4.79 Å². The largest absolute Gasteiger partial charge is 0.335 e. The first-order valence-electron chi connectivity index (χ1n) is 7.40. The Kier molecular flexibility index (Phi) is 4.94. The second kappa shape index (κ2) is 7.49. The second-order valence-corrected chi connectivity index (χ2v) is 5.70. The molecule has 0 saturated carbocycles.